The molecular formula is C26H22BrCl2N3O2. The summed E-state index contributed by atoms with van der Waals surface area (Å²) in [5.74, 6) is 0.407. The molecule has 0 bridgehead atoms. The molecule has 5 nitrogen and oxygen atoms in total. The molecule has 0 fully saturated rings. The Morgan fingerprint density at radius 2 is 1.79 bits per heavy atom. The standard InChI is InChI=1S/C26H22BrCl2N3O2/c1-16-25(17(2)32(31-16)14-19-4-3-5-22(28)12-19)30-26(33)20-8-6-18(7-9-20)15-34-24-11-10-21(27)13-23(24)29/h3-13H,14-15H2,1-2H3,(H,30,33). The third kappa shape index (κ3) is 5.81. The van der Waals surface area contributed by atoms with Crippen LogP contribution in [0.1, 0.15) is 32.9 Å². The zero-order valence-corrected chi connectivity index (χ0v) is 21.7. The van der Waals surface area contributed by atoms with E-state index in [1.165, 1.54) is 0 Å². The second-order valence-electron chi connectivity index (χ2n) is 7.85. The van der Waals surface area contributed by atoms with Crippen LogP contribution in [0.25, 0.3) is 0 Å². The van der Waals surface area contributed by atoms with Crippen molar-refractivity contribution in [3.63, 3.8) is 0 Å². The second-order valence-corrected chi connectivity index (χ2v) is 9.61. The van der Waals surface area contributed by atoms with Crippen LogP contribution in [-0.4, -0.2) is 15.7 Å². The molecule has 0 aliphatic rings. The maximum absolute atomic E-state index is 12.9. The summed E-state index contributed by atoms with van der Waals surface area (Å²) in [4.78, 5) is 12.9. The van der Waals surface area contributed by atoms with Crippen molar-refractivity contribution in [1.82, 2.24) is 9.78 Å². The summed E-state index contributed by atoms with van der Waals surface area (Å²) in [5, 5.41) is 8.81. The molecule has 1 heterocycles. The first kappa shape index (κ1) is 24.3. The molecule has 34 heavy (non-hydrogen) atoms. The highest BCUT2D eigenvalue weighted by atomic mass is 79.9. The minimum absolute atomic E-state index is 0.197. The van der Waals surface area contributed by atoms with E-state index < -0.39 is 0 Å². The van der Waals surface area contributed by atoms with Gasteiger partial charge in [-0.25, -0.2) is 0 Å². The topological polar surface area (TPSA) is 56.2 Å². The first-order valence-electron chi connectivity index (χ1n) is 10.6. The van der Waals surface area contributed by atoms with E-state index in [0.717, 1.165) is 27.0 Å². The molecule has 1 aromatic heterocycles. The number of halogens is 3. The van der Waals surface area contributed by atoms with Crippen molar-refractivity contribution >= 4 is 50.7 Å². The smallest absolute Gasteiger partial charge is 0.255 e. The minimum Gasteiger partial charge on any atom is -0.487 e. The Kier molecular flexibility index (Phi) is 7.61. The van der Waals surface area contributed by atoms with Gasteiger partial charge in [-0.05, 0) is 67.4 Å². The molecule has 0 saturated heterocycles. The molecule has 3 aromatic carbocycles. The molecule has 8 heteroatoms. The summed E-state index contributed by atoms with van der Waals surface area (Å²) < 4.78 is 8.55. The number of hydrogen-bond acceptors (Lipinski definition) is 3. The first-order valence-corrected chi connectivity index (χ1v) is 12.1. The molecule has 4 rings (SSSR count). The quantitative estimate of drug-likeness (QED) is 0.256. The number of aryl methyl sites for hydroxylation is 1. The number of amides is 1. The van der Waals surface area contributed by atoms with E-state index in [-0.39, 0.29) is 5.91 Å². The minimum atomic E-state index is -0.197. The average molecular weight is 559 g/mol. The van der Waals surface area contributed by atoms with Crippen molar-refractivity contribution in [2.45, 2.75) is 27.0 Å². The monoisotopic (exact) mass is 557 g/mol. The second kappa shape index (κ2) is 10.6. The fraction of sp³-hybridized carbons (Fsp3) is 0.154. The molecule has 0 spiro atoms. The van der Waals surface area contributed by atoms with Crippen LogP contribution in [-0.2, 0) is 13.2 Å². The van der Waals surface area contributed by atoms with Crippen molar-refractivity contribution in [3.8, 4) is 5.75 Å². The maximum Gasteiger partial charge on any atom is 0.255 e. The summed E-state index contributed by atoms with van der Waals surface area (Å²) in [5.41, 5.74) is 4.86. The number of anilines is 1. The third-order valence-corrected chi connectivity index (χ3v) is 6.37. The summed E-state index contributed by atoms with van der Waals surface area (Å²) >= 11 is 15.7. The predicted molar refractivity (Wildman–Crippen MR) is 140 cm³/mol. The molecule has 0 saturated carbocycles. The van der Waals surface area contributed by atoms with Gasteiger partial charge in [0, 0.05) is 15.1 Å². The van der Waals surface area contributed by atoms with Crippen LogP contribution in [0.4, 0.5) is 5.69 Å². The molecule has 4 aromatic rings. The first-order chi connectivity index (χ1) is 16.3. The van der Waals surface area contributed by atoms with Gasteiger partial charge in [0.1, 0.15) is 12.4 Å². The van der Waals surface area contributed by atoms with Gasteiger partial charge in [-0.3, -0.25) is 9.48 Å². The summed E-state index contributed by atoms with van der Waals surface area (Å²) in [6.07, 6.45) is 0. The number of nitrogens with zero attached hydrogens (tertiary/aromatic N) is 2. The van der Waals surface area contributed by atoms with E-state index in [1.807, 2.05) is 67.1 Å². The van der Waals surface area contributed by atoms with E-state index in [9.17, 15) is 4.79 Å². The number of rotatable bonds is 7. The van der Waals surface area contributed by atoms with Gasteiger partial charge in [-0.1, -0.05) is 63.4 Å². The van der Waals surface area contributed by atoms with Gasteiger partial charge in [-0.15, -0.1) is 0 Å². The summed E-state index contributed by atoms with van der Waals surface area (Å²) in [7, 11) is 0. The predicted octanol–water partition coefficient (Wildman–Crippen LogP) is 7.45. The molecule has 0 atom stereocenters. The molecule has 0 aliphatic carbocycles. The van der Waals surface area contributed by atoms with Gasteiger partial charge in [0.15, 0.2) is 0 Å². The highest BCUT2D eigenvalue weighted by Crippen LogP contribution is 2.28. The van der Waals surface area contributed by atoms with Gasteiger partial charge >= 0.3 is 0 Å². The highest BCUT2D eigenvalue weighted by molar-refractivity contribution is 9.10. The van der Waals surface area contributed by atoms with Crippen molar-refractivity contribution < 1.29 is 9.53 Å². The Morgan fingerprint density at radius 3 is 2.50 bits per heavy atom. The largest absolute Gasteiger partial charge is 0.487 e. The summed E-state index contributed by atoms with van der Waals surface area (Å²) in [6.45, 7) is 4.73. The Hall–Kier alpha value is -2.80. The van der Waals surface area contributed by atoms with E-state index in [1.54, 1.807) is 18.2 Å². The molecule has 0 radical (unpaired) electrons. The Bertz CT molecular complexity index is 1340. The lowest BCUT2D eigenvalue weighted by molar-refractivity contribution is 0.102. The molecule has 1 N–H and O–H groups in total. The molecule has 1 amide bonds. The number of benzene rings is 3. The fourth-order valence-corrected chi connectivity index (χ4v) is 4.47. The maximum atomic E-state index is 12.9. The number of hydrogen-bond donors (Lipinski definition) is 1. The number of carbonyl (C=O) groups excluding carboxylic acids is 1. The van der Waals surface area contributed by atoms with Crippen LogP contribution in [0, 0.1) is 13.8 Å². The van der Waals surface area contributed by atoms with E-state index in [2.05, 4.69) is 26.3 Å². The van der Waals surface area contributed by atoms with Crippen LogP contribution in [0.3, 0.4) is 0 Å². The van der Waals surface area contributed by atoms with Gasteiger partial charge in [0.05, 0.1) is 28.6 Å². The molecule has 174 valence electrons. The Morgan fingerprint density at radius 1 is 1.03 bits per heavy atom. The normalized spacial score (nSPS) is 10.9. The zero-order chi connectivity index (χ0) is 24.2. The fourth-order valence-electron chi connectivity index (χ4n) is 3.53. The number of carbonyl (C=O) groups is 1. The SMILES string of the molecule is Cc1nn(Cc2cccc(Cl)c2)c(C)c1NC(=O)c1ccc(COc2ccc(Br)cc2Cl)cc1. The number of aromatic nitrogens is 2. The van der Waals surface area contributed by atoms with E-state index >= 15 is 0 Å². The van der Waals surface area contributed by atoms with Crippen molar-refractivity contribution in [2.75, 3.05) is 5.32 Å². The van der Waals surface area contributed by atoms with E-state index in [0.29, 0.717) is 40.2 Å². The lowest BCUT2D eigenvalue weighted by atomic mass is 10.1. The van der Waals surface area contributed by atoms with Gasteiger partial charge in [0.2, 0.25) is 0 Å². The van der Waals surface area contributed by atoms with Crippen LogP contribution < -0.4 is 10.1 Å². The molecule has 0 unspecified atom stereocenters. The van der Waals surface area contributed by atoms with Crippen LogP contribution in [0.2, 0.25) is 10.0 Å². The lowest BCUT2D eigenvalue weighted by Gasteiger charge is -2.10. The van der Waals surface area contributed by atoms with Crippen molar-refractivity contribution in [3.05, 3.63) is 109 Å². The van der Waals surface area contributed by atoms with E-state index in [4.69, 9.17) is 27.9 Å². The van der Waals surface area contributed by atoms with Gasteiger partial charge in [-0.2, -0.15) is 5.10 Å². The third-order valence-electron chi connectivity index (χ3n) is 5.35. The van der Waals surface area contributed by atoms with Crippen molar-refractivity contribution in [2.24, 2.45) is 0 Å². The Balaban J connectivity index is 1.41. The van der Waals surface area contributed by atoms with Crippen molar-refractivity contribution in [1.29, 1.82) is 0 Å². The van der Waals surface area contributed by atoms with Gasteiger partial charge in [0.25, 0.3) is 5.91 Å². The average Bonchev–Trinajstić information content (AvgIpc) is 3.06. The number of nitrogens with one attached hydrogen (secondary N) is 1. The number of ether oxygens (including phenoxy) is 1. The Labute approximate surface area is 216 Å². The zero-order valence-electron chi connectivity index (χ0n) is 18.6. The molecule has 0 aliphatic heterocycles. The lowest BCUT2D eigenvalue weighted by Crippen LogP contribution is -2.13. The summed E-state index contributed by atoms with van der Waals surface area (Å²) in [6, 6.07) is 20.4. The van der Waals surface area contributed by atoms with Gasteiger partial charge < -0.3 is 10.1 Å². The van der Waals surface area contributed by atoms with Crippen LogP contribution in [0.5, 0.6) is 5.75 Å². The van der Waals surface area contributed by atoms with Crippen LogP contribution >= 0.6 is 39.1 Å². The highest BCUT2D eigenvalue weighted by Gasteiger charge is 2.16. The molecular weight excluding hydrogens is 537 g/mol. The van der Waals surface area contributed by atoms with Crippen LogP contribution in [0.15, 0.2) is 71.2 Å².